The van der Waals surface area contributed by atoms with Crippen molar-refractivity contribution < 1.29 is 14.4 Å². The van der Waals surface area contributed by atoms with Gasteiger partial charge in [-0.3, -0.25) is 4.79 Å². The Labute approximate surface area is 60.8 Å². The van der Waals surface area contributed by atoms with Crippen molar-refractivity contribution in [2.24, 2.45) is 5.92 Å². The Balaban J connectivity index is 2.21. The van der Waals surface area contributed by atoms with Crippen LogP contribution in [0.4, 0.5) is 0 Å². The van der Waals surface area contributed by atoms with E-state index >= 15 is 0 Å². The zero-order valence-corrected chi connectivity index (χ0v) is 6.50. The summed E-state index contributed by atoms with van der Waals surface area (Å²) in [5.74, 6) is -0.239. The third-order valence-corrected chi connectivity index (χ3v) is 1.97. The van der Waals surface area contributed by atoms with Crippen molar-refractivity contribution in [3.63, 3.8) is 0 Å². The molecule has 10 heavy (non-hydrogen) atoms. The van der Waals surface area contributed by atoms with E-state index in [0.29, 0.717) is 12.3 Å². The van der Waals surface area contributed by atoms with Crippen LogP contribution < -0.4 is 0 Å². The van der Waals surface area contributed by atoms with Gasteiger partial charge in [0, 0.05) is 0 Å². The molecule has 0 aromatic carbocycles. The number of hydrogen-bond donors (Lipinski definition) is 1. The first-order valence-corrected chi connectivity index (χ1v) is 3.53. The molecule has 1 aliphatic rings. The minimum absolute atomic E-state index is 0.349. The van der Waals surface area contributed by atoms with Gasteiger partial charge in [0.15, 0.2) is 0 Å². The van der Waals surface area contributed by atoms with Crippen molar-refractivity contribution in [3.05, 3.63) is 0 Å². The molecule has 0 unspecified atom stereocenters. The summed E-state index contributed by atoms with van der Waals surface area (Å²) in [6.07, 6.45) is 0.349. The molecule has 0 aromatic rings. The van der Waals surface area contributed by atoms with E-state index in [0.717, 1.165) is 17.6 Å². The highest BCUT2D eigenvalue weighted by atomic mass is 16.4. The number of likely N-dealkylation sites (tertiary alicyclic amines) is 1. The zero-order chi connectivity index (χ0) is 7.78. The maximum atomic E-state index is 10.2. The van der Waals surface area contributed by atoms with Crippen LogP contribution in [-0.4, -0.2) is 42.7 Å². The van der Waals surface area contributed by atoms with Gasteiger partial charge in [-0.1, -0.05) is 0 Å². The fourth-order valence-electron chi connectivity index (χ4n) is 1.72. The Bertz CT molecular complexity index is 146. The molecule has 1 saturated heterocycles. The van der Waals surface area contributed by atoms with E-state index in [4.69, 9.17) is 5.11 Å². The average molecular weight is 144 g/mol. The van der Waals surface area contributed by atoms with Crippen LogP contribution in [0.5, 0.6) is 0 Å². The molecule has 1 heterocycles. The van der Waals surface area contributed by atoms with Crippen LogP contribution in [0.3, 0.4) is 0 Å². The van der Waals surface area contributed by atoms with Crippen LogP contribution in [0, 0.1) is 5.92 Å². The molecular weight excluding hydrogens is 130 g/mol. The first-order valence-electron chi connectivity index (χ1n) is 3.53. The summed E-state index contributed by atoms with van der Waals surface area (Å²) in [4.78, 5) is 10.2. The standard InChI is InChI=1S/C7H13NO2/c1-8(2)4-6(5-8)3-7(9)10/h6H,3-5H2,1-2H3/p+1. The molecule has 0 atom stereocenters. The zero-order valence-electron chi connectivity index (χ0n) is 6.50. The predicted octanol–water partition coefficient (Wildman–Crippen LogP) is 0.167. The quantitative estimate of drug-likeness (QED) is 0.561. The van der Waals surface area contributed by atoms with Crippen molar-refractivity contribution in [2.75, 3.05) is 27.2 Å². The minimum Gasteiger partial charge on any atom is -0.481 e. The van der Waals surface area contributed by atoms with Crippen molar-refractivity contribution in [2.45, 2.75) is 6.42 Å². The predicted molar refractivity (Wildman–Crippen MR) is 37.6 cm³/mol. The van der Waals surface area contributed by atoms with E-state index in [9.17, 15) is 4.79 Å². The molecule has 0 amide bonds. The fraction of sp³-hybridized carbons (Fsp3) is 0.857. The molecular formula is C7H14NO2+. The van der Waals surface area contributed by atoms with Gasteiger partial charge in [0.2, 0.25) is 0 Å². The van der Waals surface area contributed by atoms with E-state index in [-0.39, 0.29) is 0 Å². The lowest BCUT2D eigenvalue weighted by Gasteiger charge is -2.44. The van der Waals surface area contributed by atoms with Crippen LogP contribution in [0.15, 0.2) is 0 Å². The van der Waals surface area contributed by atoms with Crippen molar-refractivity contribution in [1.82, 2.24) is 0 Å². The molecule has 0 bridgehead atoms. The fourth-order valence-corrected chi connectivity index (χ4v) is 1.72. The minimum atomic E-state index is -0.662. The van der Waals surface area contributed by atoms with Gasteiger partial charge in [0.1, 0.15) is 0 Å². The molecule has 0 spiro atoms. The normalized spacial score (nSPS) is 23.8. The Morgan fingerprint density at radius 1 is 1.60 bits per heavy atom. The first kappa shape index (κ1) is 7.54. The Kier molecular flexibility index (Phi) is 1.68. The molecule has 0 aliphatic carbocycles. The highest BCUT2D eigenvalue weighted by Gasteiger charge is 2.37. The van der Waals surface area contributed by atoms with Gasteiger partial charge in [-0.15, -0.1) is 0 Å². The highest BCUT2D eigenvalue weighted by Crippen LogP contribution is 2.22. The smallest absolute Gasteiger partial charge is 0.304 e. The van der Waals surface area contributed by atoms with Crippen LogP contribution in [0.1, 0.15) is 6.42 Å². The molecule has 0 saturated carbocycles. The second kappa shape index (κ2) is 2.23. The topological polar surface area (TPSA) is 37.3 Å². The number of hydrogen-bond acceptors (Lipinski definition) is 1. The van der Waals surface area contributed by atoms with Gasteiger partial charge in [-0.2, -0.15) is 0 Å². The van der Waals surface area contributed by atoms with Gasteiger partial charge in [0.25, 0.3) is 0 Å². The van der Waals surface area contributed by atoms with Gasteiger partial charge in [0.05, 0.1) is 39.5 Å². The molecule has 1 rings (SSSR count). The third-order valence-electron chi connectivity index (χ3n) is 1.97. The average Bonchev–Trinajstić information content (AvgIpc) is 1.57. The number of carboxylic acids is 1. The van der Waals surface area contributed by atoms with Gasteiger partial charge in [-0.25, -0.2) is 0 Å². The van der Waals surface area contributed by atoms with Crippen LogP contribution >= 0.6 is 0 Å². The van der Waals surface area contributed by atoms with Gasteiger partial charge >= 0.3 is 5.97 Å². The number of quaternary nitrogens is 1. The highest BCUT2D eigenvalue weighted by molar-refractivity contribution is 5.67. The lowest BCUT2D eigenvalue weighted by Crippen LogP contribution is -2.58. The van der Waals surface area contributed by atoms with E-state index in [1.807, 2.05) is 0 Å². The molecule has 1 fully saturated rings. The van der Waals surface area contributed by atoms with Crippen LogP contribution in [0.2, 0.25) is 0 Å². The third kappa shape index (κ3) is 1.70. The van der Waals surface area contributed by atoms with Crippen LogP contribution in [0.25, 0.3) is 0 Å². The summed E-state index contributed by atoms with van der Waals surface area (Å²) in [6, 6.07) is 0. The summed E-state index contributed by atoms with van der Waals surface area (Å²) in [5.41, 5.74) is 0. The van der Waals surface area contributed by atoms with E-state index in [2.05, 4.69) is 14.1 Å². The molecule has 0 radical (unpaired) electrons. The molecule has 1 N–H and O–H groups in total. The first-order chi connectivity index (χ1) is 4.49. The van der Waals surface area contributed by atoms with E-state index in [1.165, 1.54) is 0 Å². The number of rotatable bonds is 2. The number of carbonyl (C=O) groups is 1. The largest absolute Gasteiger partial charge is 0.481 e. The Morgan fingerprint density at radius 3 is 2.40 bits per heavy atom. The van der Waals surface area contributed by atoms with Crippen molar-refractivity contribution in [1.29, 1.82) is 0 Å². The van der Waals surface area contributed by atoms with Gasteiger partial charge in [-0.05, 0) is 0 Å². The summed E-state index contributed by atoms with van der Waals surface area (Å²) in [5, 5.41) is 8.41. The SMILES string of the molecule is C[N+]1(C)CC(CC(=O)O)C1. The summed E-state index contributed by atoms with van der Waals surface area (Å²) >= 11 is 0. The second-order valence-electron chi connectivity index (χ2n) is 3.76. The molecule has 3 heteroatoms. The lowest BCUT2D eigenvalue weighted by molar-refractivity contribution is -0.938. The summed E-state index contributed by atoms with van der Waals surface area (Å²) in [6.45, 7) is 2.04. The monoisotopic (exact) mass is 144 g/mol. The van der Waals surface area contributed by atoms with E-state index < -0.39 is 5.97 Å². The van der Waals surface area contributed by atoms with Gasteiger partial charge < -0.3 is 9.59 Å². The van der Waals surface area contributed by atoms with E-state index in [1.54, 1.807) is 0 Å². The Hall–Kier alpha value is -0.570. The maximum absolute atomic E-state index is 10.2. The van der Waals surface area contributed by atoms with Crippen molar-refractivity contribution >= 4 is 5.97 Å². The van der Waals surface area contributed by atoms with Crippen molar-refractivity contribution in [3.8, 4) is 0 Å². The number of nitrogens with zero attached hydrogens (tertiary/aromatic N) is 1. The van der Waals surface area contributed by atoms with Crippen LogP contribution in [-0.2, 0) is 4.79 Å². The maximum Gasteiger partial charge on any atom is 0.304 e. The summed E-state index contributed by atoms with van der Waals surface area (Å²) in [7, 11) is 4.25. The summed E-state index contributed by atoms with van der Waals surface area (Å²) < 4.78 is 0.984. The molecule has 0 aromatic heterocycles. The molecule has 3 nitrogen and oxygen atoms in total. The molecule has 58 valence electrons. The number of aliphatic carboxylic acids is 1. The molecule has 1 aliphatic heterocycles. The number of carboxylic acid groups (broad SMARTS) is 1. The Morgan fingerprint density at radius 2 is 2.10 bits per heavy atom. The second-order valence-corrected chi connectivity index (χ2v) is 3.76. The lowest BCUT2D eigenvalue weighted by atomic mass is 9.95.